The number of carbonyl (C=O) groups excluding carboxylic acids is 2. The minimum atomic E-state index is -0.626. The molecule has 1 fully saturated rings. The van der Waals surface area contributed by atoms with Crippen LogP contribution in [-0.2, 0) is 11.3 Å². The third-order valence-corrected chi connectivity index (χ3v) is 6.00. The molecule has 2 aromatic carbocycles. The lowest BCUT2D eigenvalue weighted by molar-refractivity contribution is -0.124. The van der Waals surface area contributed by atoms with Crippen LogP contribution in [0.1, 0.15) is 40.7 Å². The van der Waals surface area contributed by atoms with Gasteiger partial charge in [-0.05, 0) is 29.8 Å². The number of hydroxylamine groups is 1. The maximum atomic E-state index is 12.9. The highest BCUT2D eigenvalue weighted by atomic mass is 16.5. The van der Waals surface area contributed by atoms with Gasteiger partial charge in [-0.3, -0.25) is 19.7 Å². The lowest BCUT2D eigenvalue weighted by Crippen LogP contribution is -2.50. The van der Waals surface area contributed by atoms with Gasteiger partial charge in [0.2, 0.25) is 0 Å². The highest BCUT2D eigenvalue weighted by molar-refractivity contribution is 6.01. The van der Waals surface area contributed by atoms with E-state index in [9.17, 15) is 9.59 Å². The van der Waals surface area contributed by atoms with Gasteiger partial charge >= 0.3 is 0 Å². The van der Waals surface area contributed by atoms with Crippen LogP contribution in [0, 0.1) is 0 Å². The predicted molar refractivity (Wildman–Crippen MR) is 115 cm³/mol. The minimum Gasteiger partial charge on any atom is -0.496 e. The maximum Gasteiger partial charge on any atom is 0.267 e. The first-order valence-electron chi connectivity index (χ1n) is 10.3. The van der Waals surface area contributed by atoms with Gasteiger partial charge in [0, 0.05) is 44.1 Å². The number of hydrogen-bond acceptors (Lipinski definition) is 6. The van der Waals surface area contributed by atoms with Gasteiger partial charge in [0.15, 0.2) is 5.78 Å². The molecular formula is C24H26N2O5. The Morgan fingerprint density at radius 2 is 2.03 bits per heavy atom. The van der Waals surface area contributed by atoms with Gasteiger partial charge in [-0.1, -0.05) is 24.3 Å². The SMILES string of the molecule is COc1ccccc1CN1CCC2(CC1)CC(=O)c1cc(C=CC(=O)NO)ccc1O2. The number of nitrogens with zero attached hydrogens (tertiary/aromatic N) is 1. The van der Waals surface area contributed by atoms with Gasteiger partial charge in [-0.25, -0.2) is 5.48 Å². The quantitative estimate of drug-likeness (QED) is 0.437. The van der Waals surface area contributed by atoms with Crippen LogP contribution in [0.25, 0.3) is 6.08 Å². The molecule has 0 atom stereocenters. The van der Waals surface area contributed by atoms with Crippen LogP contribution in [-0.4, -0.2) is 47.6 Å². The molecule has 1 saturated heterocycles. The summed E-state index contributed by atoms with van der Waals surface area (Å²) in [6.45, 7) is 2.50. The summed E-state index contributed by atoms with van der Waals surface area (Å²) in [5.74, 6) is 0.917. The van der Waals surface area contributed by atoms with Crippen molar-refractivity contribution in [2.24, 2.45) is 0 Å². The van der Waals surface area contributed by atoms with E-state index >= 15 is 0 Å². The molecule has 1 amide bonds. The number of Topliss-reactive ketones (excluding diaryl/α,β-unsaturated/α-hetero) is 1. The average molecular weight is 422 g/mol. The molecule has 2 heterocycles. The number of fused-ring (bicyclic) bond motifs is 1. The number of benzene rings is 2. The molecule has 0 bridgehead atoms. The lowest BCUT2D eigenvalue weighted by atomic mass is 9.82. The summed E-state index contributed by atoms with van der Waals surface area (Å²) in [5.41, 5.74) is 3.47. The van der Waals surface area contributed by atoms with E-state index in [4.69, 9.17) is 14.7 Å². The molecule has 7 nitrogen and oxygen atoms in total. The van der Waals surface area contributed by atoms with Gasteiger partial charge in [-0.15, -0.1) is 0 Å². The van der Waals surface area contributed by atoms with Crippen molar-refractivity contribution in [3.8, 4) is 11.5 Å². The van der Waals surface area contributed by atoms with Gasteiger partial charge in [0.1, 0.15) is 17.1 Å². The third kappa shape index (κ3) is 4.62. The Morgan fingerprint density at radius 3 is 2.77 bits per heavy atom. The molecule has 162 valence electrons. The summed E-state index contributed by atoms with van der Waals surface area (Å²) in [4.78, 5) is 26.4. The predicted octanol–water partition coefficient (Wildman–Crippen LogP) is 3.21. The highest BCUT2D eigenvalue weighted by Crippen LogP contribution is 2.40. The number of ketones is 1. The first-order chi connectivity index (χ1) is 15.0. The fourth-order valence-corrected chi connectivity index (χ4v) is 4.30. The zero-order valence-corrected chi connectivity index (χ0v) is 17.5. The second kappa shape index (κ2) is 8.91. The van der Waals surface area contributed by atoms with E-state index in [2.05, 4.69) is 11.0 Å². The number of para-hydroxylation sites is 1. The monoisotopic (exact) mass is 422 g/mol. The second-order valence-electron chi connectivity index (χ2n) is 8.04. The molecule has 2 aliphatic heterocycles. The fraction of sp³-hybridized carbons (Fsp3) is 0.333. The lowest BCUT2D eigenvalue weighted by Gasteiger charge is -2.44. The van der Waals surface area contributed by atoms with E-state index in [0.29, 0.717) is 23.3 Å². The van der Waals surface area contributed by atoms with Crippen LogP contribution in [0.2, 0.25) is 0 Å². The average Bonchev–Trinajstić information content (AvgIpc) is 2.79. The molecule has 4 rings (SSSR count). The summed E-state index contributed by atoms with van der Waals surface area (Å²) in [7, 11) is 1.69. The van der Waals surface area contributed by atoms with Crippen molar-refractivity contribution in [3.63, 3.8) is 0 Å². The van der Waals surface area contributed by atoms with Crippen LogP contribution < -0.4 is 15.0 Å². The topological polar surface area (TPSA) is 88.1 Å². The van der Waals surface area contributed by atoms with Crippen molar-refractivity contribution in [2.75, 3.05) is 20.2 Å². The molecule has 0 radical (unpaired) electrons. The van der Waals surface area contributed by atoms with Crippen molar-refractivity contribution in [3.05, 3.63) is 65.2 Å². The summed E-state index contributed by atoms with van der Waals surface area (Å²) < 4.78 is 11.8. The number of piperidine rings is 1. The number of amides is 1. The molecule has 0 saturated carbocycles. The Kier molecular flexibility index (Phi) is 6.06. The normalized spacial score (nSPS) is 17.9. The van der Waals surface area contributed by atoms with Crippen molar-refractivity contribution < 1.29 is 24.3 Å². The molecule has 2 aromatic rings. The van der Waals surface area contributed by atoms with Crippen LogP contribution in [0.3, 0.4) is 0 Å². The summed E-state index contributed by atoms with van der Waals surface area (Å²) >= 11 is 0. The first-order valence-corrected chi connectivity index (χ1v) is 10.3. The molecule has 0 unspecified atom stereocenters. The van der Waals surface area contributed by atoms with E-state index in [1.807, 2.05) is 18.2 Å². The molecule has 2 N–H and O–H groups in total. The van der Waals surface area contributed by atoms with Crippen molar-refractivity contribution in [1.82, 2.24) is 10.4 Å². The largest absolute Gasteiger partial charge is 0.496 e. The zero-order chi connectivity index (χ0) is 21.8. The van der Waals surface area contributed by atoms with E-state index in [0.717, 1.165) is 43.8 Å². The Balaban J connectivity index is 1.43. The number of likely N-dealkylation sites (tertiary alicyclic amines) is 1. The van der Waals surface area contributed by atoms with Gasteiger partial charge < -0.3 is 9.47 Å². The molecule has 0 aromatic heterocycles. The standard InChI is InChI=1S/C24H26N2O5/c1-30-21-5-3-2-4-18(21)16-26-12-10-24(11-13-26)15-20(27)19-14-17(6-8-22(19)31-24)7-9-23(28)25-29/h2-9,14,29H,10-13,15-16H2,1H3,(H,25,28). The summed E-state index contributed by atoms with van der Waals surface area (Å²) in [5, 5.41) is 8.58. The van der Waals surface area contributed by atoms with Gasteiger partial charge in [0.05, 0.1) is 19.1 Å². The number of methoxy groups -OCH3 is 1. The Hall–Kier alpha value is -3.16. The number of hydrogen-bond donors (Lipinski definition) is 2. The van der Waals surface area contributed by atoms with Gasteiger partial charge in [-0.2, -0.15) is 0 Å². The van der Waals surface area contributed by atoms with Gasteiger partial charge in [0.25, 0.3) is 5.91 Å². The van der Waals surface area contributed by atoms with Crippen molar-refractivity contribution in [2.45, 2.75) is 31.4 Å². The number of ether oxygens (including phenoxy) is 2. The Labute approximate surface area is 181 Å². The van der Waals surface area contributed by atoms with E-state index in [1.165, 1.54) is 6.08 Å². The van der Waals surface area contributed by atoms with Crippen molar-refractivity contribution >= 4 is 17.8 Å². The van der Waals surface area contributed by atoms with Crippen molar-refractivity contribution in [1.29, 1.82) is 0 Å². The fourth-order valence-electron chi connectivity index (χ4n) is 4.30. The Bertz CT molecular complexity index is 1010. The molecule has 0 aliphatic carbocycles. The smallest absolute Gasteiger partial charge is 0.267 e. The number of rotatable bonds is 5. The molecule has 1 spiro atoms. The second-order valence-corrected chi connectivity index (χ2v) is 8.04. The molecule has 7 heteroatoms. The van der Waals surface area contributed by atoms with E-state index in [-0.39, 0.29) is 5.78 Å². The number of carbonyl (C=O) groups is 2. The molecule has 31 heavy (non-hydrogen) atoms. The Morgan fingerprint density at radius 1 is 1.26 bits per heavy atom. The van der Waals surface area contributed by atoms with Crippen LogP contribution >= 0.6 is 0 Å². The minimum absolute atomic E-state index is 0.0567. The highest BCUT2D eigenvalue weighted by Gasteiger charge is 2.42. The first kappa shape index (κ1) is 21.1. The van der Waals surface area contributed by atoms with Crippen LogP contribution in [0.5, 0.6) is 11.5 Å². The van der Waals surface area contributed by atoms with E-state index in [1.54, 1.807) is 36.9 Å². The zero-order valence-electron chi connectivity index (χ0n) is 17.5. The van der Waals surface area contributed by atoms with E-state index < -0.39 is 11.5 Å². The van der Waals surface area contributed by atoms with Crippen LogP contribution in [0.4, 0.5) is 0 Å². The number of nitrogens with one attached hydrogen (secondary N) is 1. The third-order valence-electron chi connectivity index (χ3n) is 6.00. The molecular weight excluding hydrogens is 396 g/mol. The van der Waals surface area contributed by atoms with Crippen LogP contribution in [0.15, 0.2) is 48.5 Å². The molecule has 2 aliphatic rings. The maximum absolute atomic E-state index is 12.9. The summed E-state index contributed by atoms with van der Waals surface area (Å²) in [6.07, 6.45) is 4.67. The summed E-state index contributed by atoms with van der Waals surface area (Å²) in [6, 6.07) is 13.3.